The lowest BCUT2D eigenvalue weighted by atomic mass is 9.69. The normalized spacial score (nSPS) is 25.9. The monoisotopic (exact) mass is 536 g/mol. The quantitative estimate of drug-likeness (QED) is 0.328. The second-order valence-corrected chi connectivity index (χ2v) is 14.9. The molecule has 1 aromatic rings. The molecule has 0 amide bonds. The molecular formula is C23H29IN2O3Si. The third-order valence-corrected chi connectivity index (χ3v) is 7.87. The van der Waals surface area contributed by atoms with Crippen molar-refractivity contribution < 1.29 is 14.0 Å². The molecule has 0 radical (unpaired) electrons. The van der Waals surface area contributed by atoms with Gasteiger partial charge in [-0.2, -0.15) is 0 Å². The highest BCUT2D eigenvalue weighted by Crippen LogP contribution is 2.58. The Hall–Kier alpha value is -1.58. The zero-order chi connectivity index (χ0) is 21.7. The number of halogens is 1. The van der Waals surface area contributed by atoms with Crippen LogP contribution in [0.25, 0.3) is 0 Å². The molecule has 3 aliphatic rings. The Balaban J connectivity index is 1.94. The Morgan fingerprint density at radius 3 is 2.77 bits per heavy atom. The first-order valence-corrected chi connectivity index (χ1v) is 14.8. The molecule has 0 unspecified atom stereocenters. The first-order chi connectivity index (χ1) is 14.2. The average Bonchev–Trinajstić information content (AvgIpc) is 3.24. The maximum absolute atomic E-state index is 12.8. The van der Waals surface area contributed by atoms with Crippen LogP contribution in [0.15, 0.2) is 57.0 Å². The van der Waals surface area contributed by atoms with Gasteiger partial charge in [-0.1, -0.05) is 24.3 Å². The van der Waals surface area contributed by atoms with E-state index in [1.165, 1.54) is 16.3 Å². The minimum Gasteiger partial charge on any atom is -0.546 e. The fourth-order valence-electron chi connectivity index (χ4n) is 4.99. The number of carbonyl (C=O) groups is 1. The number of likely N-dealkylation sites (tertiary alicyclic amines) is 1. The molecule has 2 aliphatic heterocycles. The van der Waals surface area contributed by atoms with Gasteiger partial charge in [-0.15, -0.1) is 0 Å². The van der Waals surface area contributed by atoms with Crippen LogP contribution in [-0.4, -0.2) is 45.4 Å². The van der Waals surface area contributed by atoms with E-state index in [1.807, 2.05) is 12.1 Å². The third-order valence-electron chi connectivity index (χ3n) is 6.06. The van der Waals surface area contributed by atoms with Gasteiger partial charge < -0.3 is 14.5 Å². The smallest absolute Gasteiger partial charge is 0.339 e. The number of hydrogen-bond acceptors (Lipinski definition) is 5. The molecule has 1 saturated heterocycles. The van der Waals surface area contributed by atoms with E-state index in [1.54, 1.807) is 0 Å². The SMILES string of the molecule is C/C=C(\I)CN1CC[C@]23C(=C(C(=O)OC)C=C(O[Si](C)(C)C)[C@H]12)Nc1ccccc13. The van der Waals surface area contributed by atoms with E-state index in [0.717, 1.165) is 36.7 Å². The molecule has 5 nitrogen and oxygen atoms in total. The second kappa shape index (κ2) is 7.83. The second-order valence-electron chi connectivity index (χ2n) is 9.04. The molecule has 1 fully saturated rings. The number of esters is 1. The van der Waals surface area contributed by atoms with Crippen molar-refractivity contribution in [1.82, 2.24) is 4.90 Å². The van der Waals surface area contributed by atoms with Gasteiger partial charge in [0.25, 0.3) is 0 Å². The molecule has 0 saturated carbocycles. The molecule has 1 aliphatic carbocycles. The predicted octanol–water partition coefficient (Wildman–Crippen LogP) is 4.94. The highest BCUT2D eigenvalue weighted by atomic mass is 127. The average molecular weight is 536 g/mol. The largest absolute Gasteiger partial charge is 0.546 e. The molecule has 30 heavy (non-hydrogen) atoms. The minimum atomic E-state index is -1.90. The van der Waals surface area contributed by atoms with Crippen LogP contribution in [0.2, 0.25) is 19.6 Å². The summed E-state index contributed by atoms with van der Waals surface area (Å²) >= 11 is 2.42. The molecule has 2 heterocycles. The number of benzene rings is 1. The summed E-state index contributed by atoms with van der Waals surface area (Å²) in [7, 11) is -0.459. The van der Waals surface area contributed by atoms with Crippen molar-refractivity contribution in [2.24, 2.45) is 0 Å². The van der Waals surface area contributed by atoms with Gasteiger partial charge in [0, 0.05) is 28.1 Å². The minimum absolute atomic E-state index is 0.0495. The van der Waals surface area contributed by atoms with Crippen LogP contribution < -0.4 is 5.32 Å². The van der Waals surface area contributed by atoms with Gasteiger partial charge >= 0.3 is 5.97 Å². The Morgan fingerprint density at radius 1 is 1.37 bits per heavy atom. The summed E-state index contributed by atoms with van der Waals surface area (Å²) in [6.45, 7) is 10.5. The van der Waals surface area contributed by atoms with Crippen molar-refractivity contribution >= 4 is 42.6 Å². The van der Waals surface area contributed by atoms with E-state index in [9.17, 15) is 4.79 Å². The Labute approximate surface area is 193 Å². The molecule has 1 aromatic carbocycles. The number of rotatable bonds is 5. The van der Waals surface area contributed by atoms with E-state index in [0.29, 0.717) is 5.57 Å². The number of anilines is 1. The lowest BCUT2D eigenvalue weighted by Gasteiger charge is -2.42. The number of fused-ring (bicyclic) bond motifs is 1. The standard InChI is InChI=1S/C23H29IN2O3Si/c1-6-15(24)14-26-12-11-23-17-9-7-8-10-18(17)25-20(23)16(22(27)28-2)13-19(21(23)26)29-30(3,4)5/h6-10,13,21,25H,11-12,14H2,1-5H3/b15-6-/t21-,23-/m0/s1. The van der Waals surface area contributed by atoms with Crippen molar-refractivity contribution in [1.29, 1.82) is 0 Å². The fourth-order valence-corrected chi connectivity index (χ4v) is 6.31. The lowest BCUT2D eigenvalue weighted by molar-refractivity contribution is -0.135. The van der Waals surface area contributed by atoms with E-state index >= 15 is 0 Å². The van der Waals surface area contributed by atoms with E-state index in [-0.39, 0.29) is 17.4 Å². The van der Waals surface area contributed by atoms with Gasteiger partial charge in [0.1, 0.15) is 0 Å². The van der Waals surface area contributed by atoms with Gasteiger partial charge in [-0.25, -0.2) is 4.79 Å². The van der Waals surface area contributed by atoms with Crippen molar-refractivity contribution in [3.63, 3.8) is 0 Å². The molecule has 0 bridgehead atoms. The van der Waals surface area contributed by atoms with Crippen molar-refractivity contribution in [3.8, 4) is 0 Å². The number of carbonyl (C=O) groups excluding carboxylic acids is 1. The molecule has 1 N–H and O–H groups in total. The van der Waals surface area contributed by atoms with Crippen LogP contribution in [0, 0.1) is 0 Å². The molecule has 4 rings (SSSR count). The first-order valence-electron chi connectivity index (χ1n) is 10.4. The summed E-state index contributed by atoms with van der Waals surface area (Å²) in [5.74, 6) is 0.580. The number of allylic oxidation sites excluding steroid dienone is 1. The molecule has 2 atom stereocenters. The maximum Gasteiger partial charge on any atom is 0.339 e. The highest BCUT2D eigenvalue weighted by molar-refractivity contribution is 14.1. The van der Waals surface area contributed by atoms with Crippen LogP contribution in [0.1, 0.15) is 18.9 Å². The molecule has 7 heteroatoms. The van der Waals surface area contributed by atoms with Gasteiger partial charge in [0.05, 0.1) is 29.9 Å². The van der Waals surface area contributed by atoms with Crippen LogP contribution in [-0.2, 0) is 19.4 Å². The van der Waals surface area contributed by atoms with Gasteiger partial charge in [0.2, 0.25) is 8.32 Å². The summed E-state index contributed by atoms with van der Waals surface area (Å²) in [6, 6.07) is 8.46. The fraction of sp³-hybridized carbons (Fsp3) is 0.435. The number of nitrogens with zero attached hydrogens (tertiary/aromatic N) is 1. The van der Waals surface area contributed by atoms with Gasteiger partial charge in [0.15, 0.2) is 0 Å². The summed E-state index contributed by atoms with van der Waals surface area (Å²) in [5.41, 5.74) is 3.54. The van der Waals surface area contributed by atoms with Crippen molar-refractivity contribution in [3.05, 3.63) is 62.6 Å². The van der Waals surface area contributed by atoms with Crippen LogP contribution in [0.4, 0.5) is 5.69 Å². The number of methoxy groups -OCH3 is 1. The summed E-state index contributed by atoms with van der Waals surface area (Å²) in [6.07, 6.45) is 5.02. The maximum atomic E-state index is 12.8. The number of hydrogen-bond donors (Lipinski definition) is 1. The van der Waals surface area contributed by atoms with E-state index in [4.69, 9.17) is 9.16 Å². The van der Waals surface area contributed by atoms with Crippen LogP contribution in [0.3, 0.4) is 0 Å². The Bertz CT molecular complexity index is 979. The zero-order valence-corrected chi connectivity index (χ0v) is 21.4. The van der Waals surface area contributed by atoms with Crippen LogP contribution in [0.5, 0.6) is 0 Å². The summed E-state index contributed by atoms with van der Waals surface area (Å²) in [5, 5.41) is 3.58. The van der Waals surface area contributed by atoms with Crippen LogP contribution >= 0.6 is 22.6 Å². The number of para-hydroxylation sites is 1. The predicted molar refractivity (Wildman–Crippen MR) is 131 cm³/mol. The molecule has 1 spiro atoms. The van der Waals surface area contributed by atoms with E-state index < -0.39 is 8.32 Å². The van der Waals surface area contributed by atoms with Crippen molar-refractivity contribution in [2.75, 3.05) is 25.5 Å². The highest BCUT2D eigenvalue weighted by Gasteiger charge is 2.60. The molecular weight excluding hydrogens is 507 g/mol. The first kappa shape index (κ1) is 21.6. The number of ether oxygens (including phenoxy) is 1. The number of nitrogens with one attached hydrogen (secondary N) is 1. The summed E-state index contributed by atoms with van der Waals surface area (Å²) in [4.78, 5) is 15.3. The molecule has 160 valence electrons. The summed E-state index contributed by atoms with van der Waals surface area (Å²) < 4.78 is 13.1. The van der Waals surface area contributed by atoms with Crippen molar-refractivity contribution in [2.45, 2.75) is 44.4 Å². The topological polar surface area (TPSA) is 50.8 Å². The van der Waals surface area contributed by atoms with Gasteiger partial charge in [-0.05, 0) is 73.3 Å². The van der Waals surface area contributed by atoms with Gasteiger partial charge in [-0.3, -0.25) is 4.90 Å². The zero-order valence-electron chi connectivity index (χ0n) is 18.2. The van der Waals surface area contributed by atoms with E-state index in [2.05, 4.69) is 83.6 Å². The Morgan fingerprint density at radius 2 is 2.10 bits per heavy atom. The lowest BCUT2D eigenvalue weighted by Crippen LogP contribution is -2.49. The molecule has 0 aromatic heterocycles. The third kappa shape index (κ3) is 3.44. The Kier molecular flexibility index (Phi) is 5.65.